The monoisotopic (exact) mass is 370 g/mol. The summed E-state index contributed by atoms with van der Waals surface area (Å²) in [5, 5.41) is 3.23. The van der Waals surface area contributed by atoms with Gasteiger partial charge >= 0.3 is 0 Å². The molecule has 2 heterocycles. The molecule has 1 saturated heterocycles. The highest BCUT2D eigenvalue weighted by molar-refractivity contribution is 5.97. The molecule has 1 aromatic heterocycles. The molecule has 0 atom stereocenters. The summed E-state index contributed by atoms with van der Waals surface area (Å²) in [5.74, 6) is 2.75. The second-order valence-electron chi connectivity index (χ2n) is 7.03. The van der Waals surface area contributed by atoms with Gasteiger partial charge in [0.25, 0.3) is 0 Å². The van der Waals surface area contributed by atoms with Gasteiger partial charge in [-0.3, -0.25) is 4.79 Å². The van der Waals surface area contributed by atoms with E-state index in [0.29, 0.717) is 24.1 Å². The van der Waals surface area contributed by atoms with Gasteiger partial charge in [-0.25, -0.2) is 0 Å². The topological polar surface area (TPSA) is 83.5 Å². The highest BCUT2D eigenvalue weighted by Crippen LogP contribution is 2.34. The standard InChI is InChI=1S/C19H26N6O2/c1-12(2)17-21-18(23-19(22-17)24(3)4)20-13-8-9-14(15(11-13)27-5)25-10-6-7-16(25)26/h8-9,11-12H,6-7,10H2,1-5H3,(H,20,21,22,23). The molecular formula is C19H26N6O2. The largest absolute Gasteiger partial charge is 0.494 e. The fraction of sp³-hybridized carbons (Fsp3) is 0.474. The van der Waals surface area contributed by atoms with Gasteiger partial charge < -0.3 is 19.9 Å². The van der Waals surface area contributed by atoms with Crippen LogP contribution in [-0.2, 0) is 4.79 Å². The predicted molar refractivity (Wildman–Crippen MR) is 106 cm³/mol. The van der Waals surface area contributed by atoms with E-state index in [1.165, 1.54) is 0 Å². The molecule has 8 nitrogen and oxygen atoms in total. The van der Waals surface area contributed by atoms with Crippen molar-refractivity contribution in [2.75, 3.05) is 42.9 Å². The van der Waals surface area contributed by atoms with Gasteiger partial charge in [0.1, 0.15) is 11.6 Å². The second-order valence-corrected chi connectivity index (χ2v) is 7.03. The zero-order chi connectivity index (χ0) is 19.6. The van der Waals surface area contributed by atoms with E-state index in [1.807, 2.05) is 51.0 Å². The van der Waals surface area contributed by atoms with Gasteiger partial charge in [0.05, 0.1) is 12.8 Å². The molecule has 3 rings (SSSR count). The second kappa shape index (κ2) is 7.77. The number of methoxy groups -OCH3 is 1. The van der Waals surface area contributed by atoms with Crippen LogP contribution in [0.3, 0.4) is 0 Å². The van der Waals surface area contributed by atoms with Crippen LogP contribution in [0.25, 0.3) is 0 Å². The number of carbonyl (C=O) groups excluding carboxylic acids is 1. The first-order chi connectivity index (χ1) is 12.9. The Balaban J connectivity index is 1.90. The minimum atomic E-state index is 0.128. The Morgan fingerprint density at radius 1 is 1.22 bits per heavy atom. The first-order valence-corrected chi connectivity index (χ1v) is 9.07. The maximum Gasteiger partial charge on any atom is 0.232 e. The molecule has 0 aliphatic carbocycles. The van der Waals surface area contributed by atoms with Crippen molar-refractivity contribution in [3.8, 4) is 5.75 Å². The van der Waals surface area contributed by atoms with Gasteiger partial charge in [0.2, 0.25) is 17.8 Å². The lowest BCUT2D eigenvalue weighted by Crippen LogP contribution is -2.24. The van der Waals surface area contributed by atoms with Crippen LogP contribution in [0.15, 0.2) is 18.2 Å². The number of nitrogens with zero attached hydrogens (tertiary/aromatic N) is 5. The van der Waals surface area contributed by atoms with E-state index in [2.05, 4.69) is 20.3 Å². The van der Waals surface area contributed by atoms with Gasteiger partial charge in [-0.1, -0.05) is 13.8 Å². The van der Waals surface area contributed by atoms with E-state index in [1.54, 1.807) is 12.0 Å². The first-order valence-electron chi connectivity index (χ1n) is 9.07. The number of rotatable bonds is 6. The van der Waals surface area contributed by atoms with Crippen molar-refractivity contribution in [3.05, 3.63) is 24.0 Å². The lowest BCUT2D eigenvalue weighted by Gasteiger charge is -2.20. The van der Waals surface area contributed by atoms with E-state index >= 15 is 0 Å². The maximum absolute atomic E-state index is 12.0. The van der Waals surface area contributed by atoms with Crippen molar-refractivity contribution in [1.82, 2.24) is 15.0 Å². The summed E-state index contributed by atoms with van der Waals surface area (Å²) < 4.78 is 5.51. The van der Waals surface area contributed by atoms with Gasteiger partial charge in [0, 0.05) is 44.7 Å². The average molecular weight is 370 g/mol. The smallest absolute Gasteiger partial charge is 0.232 e. The molecule has 1 fully saturated rings. The molecule has 1 aliphatic heterocycles. The van der Waals surface area contributed by atoms with Crippen molar-refractivity contribution < 1.29 is 9.53 Å². The Morgan fingerprint density at radius 2 is 2.00 bits per heavy atom. The third-order valence-corrected chi connectivity index (χ3v) is 4.36. The summed E-state index contributed by atoms with van der Waals surface area (Å²) in [6, 6.07) is 5.65. The van der Waals surface area contributed by atoms with E-state index < -0.39 is 0 Å². The van der Waals surface area contributed by atoms with Gasteiger partial charge in [-0.2, -0.15) is 15.0 Å². The highest BCUT2D eigenvalue weighted by Gasteiger charge is 2.24. The number of amides is 1. The fourth-order valence-corrected chi connectivity index (χ4v) is 2.91. The maximum atomic E-state index is 12.0. The predicted octanol–water partition coefficient (Wildman–Crippen LogP) is 2.94. The normalized spacial score (nSPS) is 14.0. The zero-order valence-corrected chi connectivity index (χ0v) is 16.5. The van der Waals surface area contributed by atoms with Crippen LogP contribution in [0.1, 0.15) is 38.4 Å². The van der Waals surface area contributed by atoms with Gasteiger partial charge in [0.15, 0.2) is 0 Å². The summed E-state index contributed by atoms with van der Waals surface area (Å²) in [5.41, 5.74) is 1.57. The molecule has 0 unspecified atom stereocenters. The molecule has 27 heavy (non-hydrogen) atoms. The van der Waals surface area contributed by atoms with E-state index in [-0.39, 0.29) is 11.8 Å². The van der Waals surface area contributed by atoms with Crippen molar-refractivity contribution in [2.45, 2.75) is 32.6 Å². The van der Waals surface area contributed by atoms with Crippen molar-refractivity contribution >= 4 is 29.2 Å². The summed E-state index contributed by atoms with van der Waals surface area (Å²) in [4.78, 5) is 29.1. The molecule has 1 N–H and O–H groups in total. The molecule has 0 radical (unpaired) electrons. The Labute approximate surface area is 159 Å². The fourth-order valence-electron chi connectivity index (χ4n) is 2.91. The third kappa shape index (κ3) is 4.10. The SMILES string of the molecule is COc1cc(Nc2nc(C(C)C)nc(N(C)C)n2)ccc1N1CCCC1=O. The van der Waals surface area contributed by atoms with Crippen LogP contribution in [0, 0.1) is 0 Å². The molecule has 8 heteroatoms. The molecule has 1 amide bonds. The number of aromatic nitrogens is 3. The lowest BCUT2D eigenvalue weighted by molar-refractivity contribution is -0.117. The van der Waals surface area contributed by atoms with Crippen LogP contribution >= 0.6 is 0 Å². The number of hydrogen-bond acceptors (Lipinski definition) is 7. The highest BCUT2D eigenvalue weighted by atomic mass is 16.5. The summed E-state index contributed by atoms with van der Waals surface area (Å²) in [6.07, 6.45) is 1.46. The Hall–Kier alpha value is -2.90. The molecule has 0 bridgehead atoms. The molecule has 2 aromatic rings. The Morgan fingerprint density at radius 3 is 2.59 bits per heavy atom. The van der Waals surface area contributed by atoms with Crippen LogP contribution < -0.4 is 19.9 Å². The molecule has 0 spiro atoms. The van der Waals surface area contributed by atoms with Crippen LogP contribution in [0.5, 0.6) is 5.75 Å². The molecule has 0 saturated carbocycles. The van der Waals surface area contributed by atoms with Gasteiger partial charge in [-0.15, -0.1) is 0 Å². The van der Waals surface area contributed by atoms with Crippen LogP contribution in [0.2, 0.25) is 0 Å². The third-order valence-electron chi connectivity index (χ3n) is 4.36. The summed E-state index contributed by atoms with van der Waals surface area (Å²) in [7, 11) is 5.40. The average Bonchev–Trinajstić information content (AvgIpc) is 3.07. The quantitative estimate of drug-likeness (QED) is 0.837. The van der Waals surface area contributed by atoms with Crippen molar-refractivity contribution in [2.24, 2.45) is 0 Å². The number of ether oxygens (including phenoxy) is 1. The van der Waals surface area contributed by atoms with Gasteiger partial charge in [-0.05, 0) is 18.6 Å². The van der Waals surface area contributed by atoms with Crippen LogP contribution in [0.4, 0.5) is 23.3 Å². The van der Waals surface area contributed by atoms with E-state index in [4.69, 9.17) is 4.74 Å². The number of hydrogen-bond donors (Lipinski definition) is 1. The minimum absolute atomic E-state index is 0.128. The Kier molecular flexibility index (Phi) is 5.43. The summed E-state index contributed by atoms with van der Waals surface area (Å²) in [6.45, 7) is 4.81. The first kappa shape index (κ1) is 18.9. The summed E-state index contributed by atoms with van der Waals surface area (Å²) >= 11 is 0. The minimum Gasteiger partial charge on any atom is -0.494 e. The molecule has 1 aliphatic rings. The number of nitrogens with one attached hydrogen (secondary N) is 1. The van der Waals surface area contributed by atoms with Crippen molar-refractivity contribution in [1.29, 1.82) is 0 Å². The lowest BCUT2D eigenvalue weighted by atomic mass is 10.2. The Bertz CT molecular complexity index is 811. The number of benzene rings is 1. The zero-order valence-electron chi connectivity index (χ0n) is 16.5. The van der Waals surface area contributed by atoms with E-state index in [0.717, 1.165) is 30.2 Å². The molecule has 144 valence electrons. The van der Waals surface area contributed by atoms with E-state index in [9.17, 15) is 4.79 Å². The number of carbonyl (C=O) groups is 1. The molecule has 1 aromatic carbocycles. The van der Waals surface area contributed by atoms with Crippen molar-refractivity contribution in [3.63, 3.8) is 0 Å². The number of anilines is 4. The van der Waals surface area contributed by atoms with Crippen LogP contribution in [-0.4, -0.2) is 48.6 Å². The molecular weight excluding hydrogens is 344 g/mol.